The van der Waals surface area contributed by atoms with Gasteiger partial charge >= 0.3 is 5.69 Å². The molecule has 5 heterocycles. The molecule has 2 aromatic carbocycles. The van der Waals surface area contributed by atoms with Crippen LogP contribution in [0.15, 0.2) is 53.6 Å². The number of hydrogen-bond donors (Lipinski definition) is 1. The number of imidazole rings is 1. The molecular formula is C44H46FN7O5. The number of methoxy groups -OCH3 is 1. The summed E-state index contributed by atoms with van der Waals surface area (Å²) in [4.78, 5) is 49.2. The third kappa shape index (κ3) is 3.86. The fraction of sp³-hybridized carbons (Fsp3) is 0.500. The minimum atomic E-state index is -0.265. The number of hydrogen-bond acceptors (Lipinski definition) is 6. The Hall–Kier alpha value is -5.01. The summed E-state index contributed by atoms with van der Waals surface area (Å²) in [5.74, 6) is 3.30. The maximum absolute atomic E-state index is 15.0. The maximum Gasteiger partial charge on any atom is 0.334 e. The first-order chi connectivity index (χ1) is 27.6. The molecule has 7 fully saturated rings. The largest absolute Gasteiger partial charge is 0.383 e. The molecule has 3 aromatic heterocycles. The van der Waals surface area contributed by atoms with Gasteiger partial charge in [-0.2, -0.15) is 5.10 Å². The molecule has 0 radical (unpaired) electrons. The highest BCUT2D eigenvalue weighted by atomic mass is 19.1. The Balaban J connectivity index is 0.888. The SMILES string of the molecule is COCCN(C(C)=O)C12C3C4C1C1C2C3C41n1ccn(-c2c3c(nn2-c2cc(C)c(F)c(C)c2)CCN(C(=O)c2cc4cc(C5CCOCC5)ccc4[nH]2)C3)c1=O. The lowest BCUT2D eigenvalue weighted by Crippen LogP contribution is -3.17. The van der Waals surface area contributed by atoms with E-state index in [2.05, 4.69) is 28.1 Å². The van der Waals surface area contributed by atoms with Crippen LogP contribution in [0.5, 0.6) is 0 Å². The van der Waals surface area contributed by atoms with Gasteiger partial charge < -0.3 is 24.3 Å². The summed E-state index contributed by atoms with van der Waals surface area (Å²) in [6.45, 7) is 8.58. The lowest BCUT2D eigenvalue weighted by Gasteiger charge is -3.11. The fourth-order valence-corrected chi connectivity index (χ4v) is 13.8. The Morgan fingerprint density at radius 2 is 1.74 bits per heavy atom. The summed E-state index contributed by atoms with van der Waals surface area (Å²) in [5, 5.41) is 6.09. The molecule has 8 aliphatic rings. The topological polar surface area (TPSA) is 120 Å². The lowest BCUT2D eigenvalue weighted by atomic mass is 8.95. The van der Waals surface area contributed by atoms with E-state index in [1.54, 1.807) is 49.3 Å². The molecule has 2 amide bonds. The van der Waals surface area contributed by atoms with Crippen LogP contribution in [-0.4, -0.2) is 91.1 Å². The van der Waals surface area contributed by atoms with Crippen LogP contribution in [0.1, 0.15) is 64.1 Å². The van der Waals surface area contributed by atoms with Gasteiger partial charge in [0.25, 0.3) is 5.91 Å². The second-order valence-corrected chi connectivity index (χ2v) is 17.9. The second-order valence-electron chi connectivity index (χ2n) is 17.9. The number of ether oxygens (including phenoxy) is 2. The first-order valence-electron chi connectivity index (χ1n) is 20.6. The van der Waals surface area contributed by atoms with Crippen molar-refractivity contribution in [2.24, 2.45) is 35.5 Å². The van der Waals surface area contributed by atoms with Crippen molar-refractivity contribution in [2.45, 2.75) is 63.6 Å². The van der Waals surface area contributed by atoms with Crippen molar-refractivity contribution in [3.8, 4) is 11.5 Å². The molecule has 13 rings (SSSR count). The van der Waals surface area contributed by atoms with Crippen LogP contribution in [0.4, 0.5) is 4.39 Å². The molecule has 1 N–H and O–H groups in total. The van der Waals surface area contributed by atoms with Gasteiger partial charge in [0.1, 0.15) is 17.3 Å². The zero-order valence-electron chi connectivity index (χ0n) is 32.6. The molecule has 1 saturated heterocycles. The molecule has 0 unspecified atom stereocenters. The normalized spacial score (nSPS) is 31.1. The third-order valence-electron chi connectivity index (χ3n) is 15.8. The van der Waals surface area contributed by atoms with E-state index in [1.165, 1.54) is 5.56 Å². The highest BCUT2D eigenvalue weighted by molar-refractivity contribution is 5.98. The van der Waals surface area contributed by atoms with Crippen LogP contribution in [0.2, 0.25) is 0 Å². The molecule has 0 spiro atoms. The van der Waals surface area contributed by atoms with Gasteiger partial charge in [-0.1, -0.05) is 6.07 Å². The number of fused-ring (bicyclic) bond motifs is 2. The van der Waals surface area contributed by atoms with Crippen molar-refractivity contribution in [3.63, 3.8) is 0 Å². The first kappa shape index (κ1) is 34.1. The van der Waals surface area contributed by atoms with Crippen molar-refractivity contribution in [1.82, 2.24) is 33.7 Å². The summed E-state index contributed by atoms with van der Waals surface area (Å²) < 4.78 is 31.4. The quantitative estimate of drug-likeness (QED) is 0.229. The van der Waals surface area contributed by atoms with E-state index >= 15 is 0 Å². The van der Waals surface area contributed by atoms with Gasteiger partial charge in [-0.3, -0.25) is 18.7 Å². The summed E-state index contributed by atoms with van der Waals surface area (Å²) in [6.07, 6.45) is 6.31. The Labute approximate surface area is 328 Å². The predicted octanol–water partition coefficient (Wildman–Crippen LogP) is 4.85. The molecule has 5 aromatic rings. The molecule has 12 nitrogen and oxygen atoms in total. The van der Waals surface area contributed by atoms with Crippen molar-refractivity contribution < 1.29 is 23.5 Å². The summed E-state index contributed by atoms with van der Waals surface area (Å²) in [5.41, 5.74) is 5.68. The number of benzene rings is 2. The Morgan fingerprint density at radius 3 is 2.42 bits per heavy atom. The highest BCUT2D eigenvalue weighted by Crippen LogP contribution is 3.06. The Bertz CT molecular complexity index is 2570. The smallest absolute Gasteiger partial charge is 0.334 e. The number of aryl methyl sites for hydroxylation is 2. The van der Waals surface area contributed by atoms with Gasteiger partial charge in [0.15, 0.2) is 0 Å². The molecule has 0 atom stereocenters. The number of carbonyl (C=O) groups excluding carboxylic acids is 2. The highest BCUT2D eigenvalue weighted by Gasteiger charge is 3.12. The van der Waals surface area contributed by atoms with Gasteiger partial charge in [0.05, 0.1) is 35.6 Å². The van der Waals surface area contributed by atoms with Gasteiger partial charge in [-0.15, -0.1) is 0 Å². The third-order valence-corrected chi connectivity index (χ3v) is 15.8. The molecular weight excluding hydrogens is 726 g/mol. The van der Waals surface area contributed by atoms with Gasteiger partial charge in [0.2, 0.25) is 5.91 Å². The van der Waals surface area contributed by atoms with Crippen LogP contribution < -0.4 is 5.69 Å². The van der Waals surface area contributed by atoms with Gasteiger partial charge in [-0.25, -0.2) is 13.9 Å². The van der Waals surface area contributed by atoms with Crippen LogP contribution in [-0.2, 0) is 32.8 Å². The van der Waals surface area contributed by atoms with E-state index in [9.17, 15) is 18.8 Å². The number of nitrogens with one attached hydrogen (secondary N) is 1. The van der Waals surface area contributed by atoms with E-state index in [4.69, 9.17) is 14.6 Å². The monoisotopic (exact) mass is 771 g/mol. The number of H-pyrrole nitrogens is 1. The first-order valence-corrected chi connectivity index (χ1v) is 20.6. The van der Waals surface area contributed by atoms with Crippen molar-refractivity contribution >= 4 is 22.7 Å². The van der Waals surface area contributed by atoms with E-state index < -0.39 is 0 Å². The summed E-state index contributed by atoms with van der Waals surface area (Å²) in [7, 11) is 1.67. The molecule has 13 heteroatoms. The molecule has 0 bridgehead atoms. The zero-order chi connectivity index (χ0) is 38.9. The van der Waals surface area contributed by atoms with E-state index in [0.29, 0.717) is 95.9 Å². The second kappa shape index (κ2) is 11.3. The maximum atomic E-state index is 15.0. The number of rotatable bonds is 9. The number of aromatic nitrogens is 5. The minimum absolute atomic E-state index is 0.0393. The molecule has 294 valence electrons. The molecule has 2 aliphatic heterocycles. The van der Waals surface area contributed by atoms with Crippen LogP contribution in [0.3, 0.4) is 0 Å². The minimum Gasteiger partial charge on any atom is -0.383 e. The van der Waals surface area contributed by atoms with Crippen molar-refractivity contribution in [3.05, 3.63) is 98.7 Å². The number of aromatic amines is 1. The Morgan fingerprint density at radius 1 is 1.02 bits per heavy atom. The molecule has 6 aliphatic carbocycles. The standard InChI is InChI=1S/C44H46FN7O5/c1-22-17-28(18-23(2)39(22)45)52-40(49-11-12-51(42(49)55)44-36-33-37(44)35-38(44)34(36)43(33,35)50(24(3)53)13-16-56-4)29-21-48(10-7-31(29)47-52)41(54)32-20-27-19-26(5-6-30(27)46-32)25-8-14-57-15-9-25/h5-6,11-12,17-20,25,33-38,46H,7-10,13-16,21H2,1-4H3. The number of nitrogens with zero attached hydrogens (tertiary/aromatic N) is 6. The van der Waals surface area contributed by atoms with E-state index in [-0.39, 0.29) is 40.9 Å². The summed E-state index contributed by atoms with van der Waals surface area (Å²) >= 11 is 0. The van der Waals surface area contributed by atoms with Crippen molar-refractivity contribution in [2.75, 3.05) is 40.0 Å². The zero-order valence-corrected chi connectivity index (χ0v) is 32.6. The lowest BCUT2D eigenvalue weighted by molar-refractivity contribution is -0.629. The fourth-order valence-electron chi connectivity index (χ4n) is 13.8. The predicted molar refractivity (Wildman–Crippen MR) is 207 cm³/mol. The molecule has 6 saturated carbocycles. The Kier molecular flexibility index (Phi) is 6.78. The van der Waals surface area contributed by atoms with Gasteiger partial charge in [0, 0.05) is 75.6 Å². The van der Waals surface area contributed by atoms with Crippen LogP contribution >= 0.6 is 0 Å². The van der Waals surface area contributed by atoms with E-state index in [0.717, 1.165) is 48.2 Å². The van der Waals surface area contributed by atoms with Crippen LogP contribution in [0, 0.1) is 55.2 Å². The number of carbonyl (C=O) groups is 2. The van der Waals surface area contributed by atoms with Crippen molar-refractivity contribution in [1.29, 1.82) is 0 Å². The average molecular weight is 772 g/mol. The summed E-state index contributed by atoms with van der Waals surface area (Å²) in [6, 6.07) is 11.9. The number of halogens is 1. The van der Waals surface area contributed by atoms with Crippen LogP contribution in [0.25, 0.3) is 22.4 Å². The van der Waals surface area contributed by atoms with Gasteiger partial charge in [-0.05, 0) is 115 Å². The molecule has 57 heavy (non-hydrogen) atoms. The number of amides is 2. The van der Waals surface area contributed by atoms with E-state index in [1.807, 2.05) is 27.9 Å². The average Bonchev–Trinajstić information content (AvgIpc) is 3.94.